The highest BCUT2D eigenvalue weighted by Crippen LogP contribution is 2.11. The summed E-state index contributed by atoms with van der Waals surface area (Å²) in [5, 5.41) is 0. The van der Waals surface area contributed by atoms with E-state index in [4.69, 9.17) is 5.73 Å². The molecule has 2 N–H and O–H groups in total. The number of hydrogen-bond donors (Lipinski definition) is 1. The molecule has 1 heterocycles. The molecule has 2 amide bonds. The summed E-state index contributed by atoms with van der Waals surface area (Å²) in [5.74, 6) is -0.378. The second-order valence-corrected chi connectivity index (χ2v) is 6.05. The molecule has 1 aromatic carbocycles. The van der Waals surface area contributed by atoms with Crippen molar-refractivity contribution in [3.05, 3.63) is 35.6 Å². The Morgan fingerprint density at radius 2 is 1.74 bits per heavy atom. The Balaban J connectivity index is 1.91. The van der Waals surface area contributed by atoms with Gasteiger partial charge in [0.05, 0.1) is 0 Å². The van der Waals surface area contributed by atoms with Crippen LogP contribution in [0.1, 0.15) is 36.5 Å². The molecule has 1 saturated heterocycles. The molecule has 1 atom stereocenters. The summed E-state index contributed by atoms with van der Waals surface area (Å²) in [5.41, 5.74) is 6.16. The Labute approximate surface area is 136 Å². The SMILES string of the molecule is CC(N)CCC(=O)N1CCCN(C(=O)c2ccc(F)cc2)CC1. The highest BCUT2D eigenvalue weighted by Gasteiger charge is 2.22. The van der Waals surface area contributed by atoms with E-state index in [-0.39, 0.29) is 23.7 Å². The van der Waals surface area contributed by atoms with E-state index >= 15 is 0 Å². The minimum Gasteiger partial charge on any atom is -0.341 e. The molecular weight excluding hydrogens is 297 g/mol. The number of rotatable bonds is 4. The molecule has 6 heteroatoms. The van der Waals surface area contributed by atoms with Crippen molar-refractivity contribution in [2.24, 2.45) is 5.73 Å². The molecule has 2 rings (SSSR count). The fourth-order valence-electron chi connectivity index (χ4n) is 2.65. The highest BCUT2D eigenvalue weighted by molar-refractivity contribution is 5.94. The van der Waals surface area contributed by atoms with Crippen LogP contribution >= 0.6 is 0 Å². The average molecular weight is 321 g/mol. The quantitative estimate of drug-likeness (QED) is 0.916. The fourth-order valence-corrected chi connectivity index (χ4v) is 2.65. The van der Waals surface area contributed by atoms with Crippen LogP contribution in [0.3, 0.4) is 0 Å². The van der Waals surface area contributed by atoms with E-state index in [1.165, 1.54) is 24.3 Å². The van der Waals surface area contributed by atoms with Gasteiger partial charge in [0.2, 0.25) is 5.91 Å². The summed E-state index contributed by atoms with van der Waals surface area (Å²) in [7, 11) is 0. The Morgan fingerprint density at radius 3 is 2.39 bits per heavy atom. The second-order valence-electron chi connectivity index (χ2n) is 6.05. The van der Waals surface area contributed by atoms with E-state index < -0.39 is 0 Å². The Hall–Kier alpha value is -1.95. The van der Waals surface area contributed by atoms with Crippen molar-refractivity contribution in [1.29, 1.82) is 0 Å². The number of nitrogens with zero attached hydrogens (tertiary/aromatic N) is 2. The number of hydrogen-bond acceptors (Lipinski definition) is 3. The Morgan fingerprint density at radius 1 is 1.13 bits per heavy atom. The molecular formula is C17H24FN3O2. The van der Waals surface area contributed by atoms with E-state index in [9.17, 15) is 14.0 Å². The van der Waals surface area contributed by atoms with Crippen LogP contribution < -0.4 is 5.73 Å². The zero-order valence-corrected chi connectivity index (χ0v) is 13.5. The summed E-state index contributed by atoms with van der Waals surface area (Å²) in [6.45, 7) is 4.18. The molecule has 0 radical (unpaired) electrons. The van der Waals surface area contributed by atoms with E-state index in [0.29, 0.717) is 44.6 Å². The van der Waals surface area contributed by atoms with Gasteiger partial charge in [-0.3, -0.25) is 9.59 Å². The molecule has 0 bridgehead atoms. The van der Waals surface area contributed by atoms with Crippen LogP contribution in [0.2, 0.25) is 0 Å². The first kappa shape index (κ1) is 17.4. The number of nitrogens with two attached hydrogens (primary N) is 1. The van der Waals surface area contributed by atoms with Crippen LogP contribution in [0.25, 0.3) is 0 Å². The largest absolute Gasteiger partial charge is 0.341 e. The fraction of sp³-hybridized carbons (Fsp3) is 0.529. The van der Waals surface area contributed by atoms with Crippen molar-refractivity contribution in [1.82, 2.24) is 9.80 Å². The van der Waals surface area contributed by atoms with E-state index in [1.807, 2.05) is 6.92 Å². The third kappa shape index (κ3) is 5.03. The number of benzene rings is 1. The normalized spacial score (nSPS) is 16.8. The van der Waals surface area contributed by atoms with Gasteiger partial charge in [0.15, 0.2) is 0 Å². The summed E-state index contributed by atoms with van der Waals surface area (Å²) in [6.07, 6.45) is 1.87. The Kier molecular flexibility index (Phi) is 6.10. The van der Waals surface area contributed by atoms with Gasteiger partial charge >= 0.3 is 0 Å². The van der Waals surface area contributed by atoms with Crippen LogP contribution in [0, 0.1) is 5.82 Å². The van der Waals surface area contributed by atoms with E-state index in [0.717, 1.165) is 6.42 Å². The number of carbonyl (C=O) groups excluding carboxylic acids is 2. The molecule has 1 aliphatic heterocycles. The third-order valence-corrected chi connectivity index (χ3v) is 4.04. The van der Waals surface area contributed by atoms with Gasteiger partial charge in [0, 0.05) is 44.2 Å². The van der Waals surface area contributed by atoms with Crippen LogP contribution in [0.4, 0.5) is 4.39 Å². The summed E-state index contributed by atoms with van der Waals surface area (Å²) in [6, 6.07) is 5.58. The van der Waals surface area contributed by atoms with Crippen molar-refractivity contribution in [2.75, 3.05) is 26.2 Å². The zero-order valence-electron chi connectivity index (χ0n) is 13.5. The number of halogens is 1. The minimum absolute atomic E-state index is 0.0162. The maximum Gasteiger partial charge on any atom is 0.253 e. The molecule has 5 nitrogen and oxygen atoms in total. The Bertz CT molecular complexity index is 545. The molecule has 0 aliphatic carbocycles. The first-order chi connectivity index (χ1) is 11.0. The molecule has 126 valence electrons. The molecule has 1 aliphatic rings. The standard InChI is InChI=1S/C17H24FN3O2/c1-13(19)3-8-16(22)20-9-2-10-21(12-11-20)17(23)14-4-6-15(18)7-5-14/h4-7,13H,2-3,8-12,19H2,1H3. The molecule has 0 aromatic heterocycles. The van der Waals surface area contributed by atoms with Gasteiger partial charge in [-0.2, -0.15) is 0 Å². The lowest BCUT2D eigenvalue weighted by atomic mass is 10.2. The summed E-state index contributed by atoms with van der Waals surface area (Å²) >= 11 is 0. The topological polar surface area (TPSA) is 66.6 Å². The van der Waals surface area contributed by atoms with E-state index in [2.05, 4.69) is 0 Å². The van der Waals surface area contributed by atoms with E-state index in [1.54, 1.807) is 9.80 Å². The lowest BCUT2D eigenvalue weighted by Crippen LogP contribution is -2.37. The average Bonchev–Trinajstić information content (AvgIpc) is 2.78. The molecule has 0 spiro atoms. The van der Waals surface area contributed by atoms with Crippen molar-refractivity contribution in [2.45, 2.75) is 32.2 Å². The first-order valence-corrected chi connectivity index (χ1v) is 8.05. The summed E-state index contributed by atoms with van der Waals surface area (Å²) in [4.78, 5) is 28.1. The maximum absolute atomic E-state index is 12.9. The summed E-state index contributed by atoms with van der Waals surface area (Å²) < 4.78 is 12.9. The van der Waals surface area contributed by atoms with Crippen molar-refractivity contribution < 1.29 is 14.0 Å². The zero-order chi connectivity index (χ0) is 16.8. The van der Waals surface area contributed by atoms with Gasteiger partial charge in [-0.05, 0) is 44.0 Å². The van der Waals surface area contributed by atoms with Crippen molar-refractivity contribution in [3.8, 4) is 0 Å². The monoisotopic (exact) mass is 321 g/mol. The lowest BCUT2D eigenvalue weighted by molar-refractivity contribution is -0.131. The maximum atomic E-state index is 12.9. The van der Waals surface area contributed by atoms with Gasteiger partial charge in [-0.15, -0.1) is 0 Å². The first-order valence-electron chi connectivity index (χ1n) is 8.05. The van der Waals surface area contributed by atoms with Gasteiger partial charge in [0.1, 0.15) is 5.82 Å². The highest BCUT2D eigenvalue weighted by atomic mass is 19.1. The molecule has 0 saturated carbocycles. The van der Waals surface area contributed by atoms with Gasteiger partial charge in [-0.25, -0.2) is 4.39 Å². The van der Waals surface area contributed by atoms with Crippen molar-refractivity contribution >= 4 is 11.8 Å². The van der Waals surface area contributed by atoms with Gasteiger partial charge in [0.25, 0.3) is 5.91 Å². The van der Waals surface area contributed by atoms with Crippen LogP contribution in [-0.2, 0) is 4.79 Å². The van der Waals surface area contributed by atoms with Crippen LogP contribution in [0.5, 0.6) is 0 Å². The van der Waals surface area contributed by atoms with Crippen molar-refractivity contribution in [3.63, 3.8) is 0 Å². The number of amides is 2. The van der Waals surface area contributed by atoms with Gasteiger partial charge in [-0.1, -0.05) is 0 Å². The predicted molar refractivity (Wildman–Crippen MR) is 86.4 cm³/mol. The smallest absolute Gasteiger partial charge is 0.253 e. The predicted octanol–water partition coefficient (Wildman–Crippen LogP) is 1.63. The van der Waals surface area contributed by atoms with Gasteiger partial charge < -0.3 is 15.5 Å². The second kappa shape index (κ2) is 8.06. The number of carbonyl (C=O) groups is 2. The molecule has 1 fully saturated rings. The minimum atomic E-state index is -0.358. The molecule has 1 unspecified atom stereocenters. The lowest BCUT2D eigenvalue weighted by Gasteiger charge is -2.22. The molecule has 1 aromatic rings. The van der Waals surface area contributed by atoms with Crippen LogP contribution in [-0.4, -0.2) is 53.8 Å². The van der Waals surface area contributed by atoms with Crippen LogP contribution in [0.15, 0.2) is 24.3 Å². The molecule has 23 heavy (non-hydrogen) atoms. The third-order valence-electron chi connectivity index (χ3n) is 4.04.